The number of anilines is 1. The highest BCUT2D eigenvalue weighted by Crippen LogP contribution is 2.30. The number of nitriles is 2. The lowest BCUT2D eigenvalue weighted by molar-refractivity contribution is -0.123. The molecule has 0 spiro atoms. The van der Waals surface area contributed by atoms with E-state index in [1.54, 1.807) is 48.2 Å². The van der Waals surface area contributed by atoms with Crippen molar-refractivity contribution in [3.8, 4) is 12.1 Å². The van der Waals surface area contributed by atoms with Gasteiger partial charge in [-0.25, -0.2) is 18.2 Å². The van der Waals surface area contributed by atoms with Crippen LogP contribution >= 0.6 is 0 Å². The van der Waals surface area contributed by atoms with Gasteiger partial charge >= 0.3 is 5.97 Å². The third kappa shape index (κ3) is 5.33. The van der Waals surface area contributed by atoms with E-state index < -0.39 is 27.8 Å². The van der Waals surface area contributed by atoms with Gasteiger partial charge in [0.15, 0.2) is 5.69 Å². The Labute approximate surface area is 197 Å². The Morgan fingerprint density at radius 2 is 1.82 bits per heavy atom. The van der Waals surface area contributed by atoms with Gasteiger partial charge in [0, 0.05) is 19.0 Å². The zero-order valence-corrected chi connectivity index (χ0v) is 19.3. The molecule has 2 aromatic rings. The standard InChI is InChI=1S/C23H23N5O5S/c1-2-17-18(12-24)21(26-19(13-25)20(17)23(30)31)28-10-8-16(9-11-28)22(29)27-34(32,33)14-15-6-4-3-5-7-15/h3-7,16H,2,8-11,14H2,1H3,(H,27,29)(H,30,31). The lowest BCUT2D eigenvalue weighted by atomic mass is 9.94. The second-order valence-electron chi connectivity index (χ2n) is 7.87. The summed E-state index contributed by atoms with van der Waals surface area (Å²) in [5, 5.41) is 28.6. The zero-order valence-electron chi connectivity index (χ0n) is 18.5. The molecule has 1 aliphatic heterocycles. The van der Waals surface area contributed by atoms with Crippen molar-refractivity contribution in [1.29, 1.82) is 10.5 Å². The molecule has 0 atom stereocenters. The molecule has 176 valence electrons. The number of carbonyl (C=O) groups excluding carboxylic acids is 1. The predicted octanol–water partition coefficient (Wildman–Crippen LogP) is 1.95. The third-order valence-corrected chi connectivity index (χ3v) is 6.91. The Kier molecular flexibility index (Phi) is 7.49. The molecule has 0 unspecified atom stereocenters. The number of pyridine rings is 1. The quantitative estimate of drug-likeness (QED) is 0.601. The van der Waals surface area contributed by atoms with E-state index >= 15 is 0 Å². The van der Waals surface area contributed by atoms with Crippen molar-refractivity contribution in [2.45, 2.75) is 31.9 Å². The van der Waals surface area contributed by atoms with Crippen LogP contribution in [0.5, 0.6) is 0 Å². The van der Waals surface area contributed by atoms with E-state index in [2.05, 4.69) is 9.71 Å². The molecule has 10 nitrogen and oxygen atoms in total. The average molecular weight is 482 g/mol. The molecule has 11 heteroatoms. The molecular weight excluding hydrogens is 458 g/mol. The molecule has 1 aromatic heterocycles. The number of aromatic carboxylic acids is 1. The highest BCUT2D eigenvalue weighted by molar-refractivity contribution is 7.89. The summed E-state index contributed by atoms with van der Waals surface area (Å²) in [6.07, 6.45) is 0.847. The Morgan fingerprint density at radius 3 is 2.35 bits per heavy atom. The van der Waals surface area contributed by atoms with E-state index in [0.717, 1.165) is 0 Å². The third-order valence-electron chi connectivity index (χ3n) is 5.69. The monoisotopic (exact) mass is 481 g/mol. The number of hydrogen-bond donors (Lipinski definition) is 2. The van der Waals surface area contributed by atoms with Gasteiger partial charge in [-0.15, -0.1) is 0 Å². The van der Waals surface area contributed by atoms with E-state index in [1.807, 2.05) is 6.07 Å². The Morgan fingerprint density at radius 1 is 1.18 bits per heavy atom. The normalized spacial score (nSPS) is 14.1. The van der Waals surface area contributed by atoms with E-state index in [9.17, 15) is 33.6 Å². The molecule has 0 bridgehead atoms. The molecule has 1 saturated heterocycles. The van der Waals surface area contributed by atoms with Crippen molar-refractivity contribution in [2.75, 3.05) is 18.0 Å². The number of rotatable bonds is 7. The number of carboxylic acid groups (broad SMARTS) is 1. The van der Waals surface area contributed by atoms with Gasteiger partial charge in [-0.2, -0.15) is 10.5 Å². The van der Waals surface area contributed by atoms with Crippen molar-refractivity contribution in [3.63, 3.8) is 0 Å². The van der Waals surface area contributed by atoms with Crippen LogP contribution in [0.2, 0.25) is 0 Å². The molecule has 1 aliphatic rings. The molecule has 1 aromatic carbocycles. The molecule has 3 rings (SSSR count). The summed E-state index contributed by atoms with van der Waals surface area (Å²) < 4.78 is 26.9. The number of aromatic nitrogens is 1. The van der Waals surface area contributed by atoms with Crippen LogP contribution in [0.25, 0.3) is 0 Å². The molecule has 2 N–H and O–H groups in total. The summed E-state index contributed by atoms with van der Waals surface area (Å²) in [4.78, 5) is 30.1. The van der Waals surface area contributed by atoms with Crippen LogP contribution in [0, 0.1) is 28.6 Å². The molecular formula is C23H23N5O5S. The molecule has 0 saturated carbocycles. The van der Waals surface area contributed by atoms with Gasteiger partial charge in [0.25, 0.3) is 0 Å². The van der Waals surface area contributed by atoms with Crippen LogP contribution in [0.15, 0.2) is 30.3 Å². The topological polar surface area (TPSA) is 164 Å². The summed E-state index contributed by atoms with van der Waals surface area (Å²) in [5.41, 5.74) is 0.349. The van der Waals surface area contributed by atoms with Crippen LogP contribution in [-0.4, -0.2) is 43.5 Å². The number of sulfonamides is 1. The zero-order chi connectivity index (χ0) is 24.9. The summed E-state index contributed by atoms with van der Waals surface area (Å²) >= 11 is 0. The van der Waals surface area contributed by atoms with Gasteiger partial charge in [0.1, 0.15) is 23.5 Å². The predicted molar refractivity (Wildman–Crippen MR) is 122 cm³/mol. The molecule has 1 amide bonds. The summed E-state index contributed by atoms with van der Waals surface area (Å²) in [6.45, 7) is 2.28. The maximum Gasteiger partial charge on any atom is 0.338 e. The number of piperidine rings is 1. The average Bonchev–Trinajstić information content (AvgIpc) is 2.82. The first-order chi connectivity index (χ1) is 16.2. The molecule has 2 heterocycles. The van der Waals surface area contributed by atoms with E-state index in [1.165, 1.54) is 0 Å². The van der Waals surface area contributed by atoms with Gasteiger partial charge in [-0.1, -0.05) is 37.3 Å². The van der Waals surface area contributed by atoms with E-state index in [-0.39, 0.29) is 40.4 Å². The minimum Gasteiger partial charge on any atom is -0.478 e. The summed E-state index contributed by atoms with van der Waals surface area (Å²) in [6, 6.07) is 12.3. The first-order valence-electron chi connectivity index (χ1n) is 10.6. The number of hydrogen-bond acceptors (Lipinski definition) is 8. The van der Waals surface area contributed by atoms with Crippen LogP contribution in [0.1, 0.15) is 52.5 Å². The van der Waals surface area contributed by atoms with Gasteiger partial charge in [0.2, 0.25) is 15.9 Å². The van der Waals surface area contributed by atoms with Crippen molar-refractivity contribution >= 4 is 27.7 Å². The summed E-state index contributed by atoms with van der Waals surface area (Å²) in [7, 11) is -3.85. The molecule has 0 aliphatic carbocycles. The number of benzene rings is 1. The Bertz CT molecular complexity index is 1290. The minimum atomic E-state index is -3.85. The van der Waals surface area contributed by atoms with Crippen molar-refractivity contribution in [1.82, 2.24) is 9.71 Å². The van der Waals surface area contributed by atoms with Crippen LogP contribution < -0.4 is 9.62 Å². The van der Waals surface area contributed by atoms with Crippen molar-refractivity contribution < 1.29 is 23.1 Å². The van der Waals surface area contributed by atoms with Crippen LogP contribution in [-0.2, 0) is 27.0 Å². The SMILES string of the molecule is CCc1c(C#N)c(N2CCC(C(=O)NS(=O)(=O)Cc3ccccc3)CC2)nc(C#N)c1C(=O)O. The van der Waals surface area contributed by atoms with E-state index in [4.69, 9.17) is 0 Å². The molecule has 1 fully saturated rings. The second-order valence-corrected chi connectivity index (χ2v) is 9.59. The van der Waals surface area contributed by atoms with Gasteiger partial charge in [-0.3, -0.25) is 9.52 Å². The highest BCUT2D eigenvalue weighted by atomic mass is 32.2. The number of amides is 1. The fraction of sp³-hybridized carbons (Fsp3) is 0.348. The fourth-order valence-corrected chi connectivity index (χ4v) is 5.23. The maximum absolute atomic E-state index is 12.6. The smallest absolute Gasteiger partial charge is 0.338 e. The number of nitrogens with one attached hydrogen (secondary N) is 1. The van der Waals surface area contributed by atoms with Gasteiger partial charge in [0.05, 0.1) is 11.3 Å². The summed E-state index contributed by atoms with van der Waals surface area (Å²) in [5.74, 6) is -2.56. The Hall–Kier alpha value is -3.96. The number of nitrogens with zero attached hydrogens (tertiary/aromatic N) is 4. The Balaban J connectivity index is 1.75. The number of carboxylic acids is 1. The highest BCUT2D eigenvalue weighted by Gasteiger charge is 2.31. The first-order valence-corrected chi connectivity index (χ1v) is 12.3. The fourth-order valence-electron chi connectivity index (χ4n) is 4.05. The maximum atomic E-state index is 12.6. The first kappa shape index (κ1) is 24.7. The van der Waals surface area contributed by atoms with Gasteiger partial charge in [-0.05, 0) is 30.4 Å². The van der Waals surface area contributed by atoms with Gasteiger partial charge < -0.3 is 10.0 Å². The van der Waals surface area contributed by atoms with Crippen molar-refractivity contribution in [2.24, 2.45) is 5.92 Å². The minimum absolute atomic E-state index is 0.0900. The lowest BCUT2D eigenvalue weighted by Crippen LogP contribution is -2.43. The van der Waals surface area contributed by atoms with Crippen LogP contribution in [0.3, 0.4) is 0 Å². The lowest BCUT2D eigenvalue weighted by Gasteiger charge is -2.33. The van der Waals surface area contributed by atoms with E-state index in [0.29, 0.717) is 31.5 Å². The van der Waals surface area contributed by atoms with Crippen molar-refractivity contribution in [3.05, 3.63) is 58.3 Å². The molecule has 0 radical (unpaired) electrons. The number of carbonyl (C=O) groups is 2. The molecule has 34 heavy (non-hydrogen) atoms. The second kappa shape index (κ2) is 10.3. The largest absolute Gasteiger partial charge is 0.478 e. The van der Waals surface area contributed by atoms with Crippen LogP contribution in [0.4, 0.5) is 5.82 Å².